The lowest BCUT2D eigenvalue weighted by atomic mass is 10.0. The van der Waals surface area contributed by atoms with Crippen LogP contribution in [0, 0.1) is 6.92 Å². The lowest BCUT2D eigenvalue weighted by Gasteiger charge is -2.35. The molecule has 6 heteroatoms. The fraction of sp³-hybridized carbons (Fsp3) is 0.333. The van der Waals surface area contributed by atoms with Gasteiger partial charge in [-0.25, -0.2) is 0 Å². The van der Waals surface area contributed by atoms with Crippen molar-refractivity contribution in [2.45, 2.75) is 13.0 Å². The molecule has 1 fully saturated rings. The van der Waals surface area contributed by atoms with E-state index in [4.69, 9.17) is 4.74 Å². The highest BCUT2D eigenvalue weighted by atomic mass is 16.5. The molecule has 0 radical (unpaired) electrons. The number of carbonyl (C=O) groups excluding carboxylic acids is 2. The standard InChI is InChI=1S/C24H27N3O3/c1-17-6-5-7-19(14-17)22(26-10-12-30-13-11-26)15-25-23(28)16-27-18(2)20-8-3-4-9-21(20)24(27)29/h3-9,14,22H,2,10-13,15-16H2,1H3,(H,25,28). The molecule has 2 aromatic carbocycles. The second-order valence-electron chi connectivity index (χ2n) is 7.77. The molecule has 0 spiro atoms. The van der Waals surface area contributed by atoms with E-state index in [9.17, 15) is 9.59 Å². The van der Waals surface area contributed by atoms with Gasteiger partial charge in [-0.2, -0.15) is 0 Å². The quantitative estimate of drug-likeness (QED) is 0.803. The molecule has 2 aromatic rings. The van der Waals surface area contributed by atoms with E-state index in [0.717, 1.165) is 18.7 Å². The van der Waals surface area contributed by atoms with Crippen molar-refractivity contribution >= 4 is 17.5 Å². The van der Waals surface area contributed by atoms with Crippen LogP contribution in [-0.4, -0.2) is 61.0 Å². The number of nitrogens with one attached hydrogen (secondary N) is 1. The Morgan fingerprint density at radius 3 is 2.57 bits per heavy atom. The van der Waals surface area contributed by atoms with Gasteiger partial charge in [-0.3, -0.25) is 19.4 Å². The Morgan fingerprint density at radius 1 is 1.13 bits per heavy atom. The molecule has 0 aliphatic carbocycles. The summed E-state index contributed by atoms with van der Waals surface area (Å²) < 4.78 is 5.50. The Balaban J connectivity index is 1.43. The molecule has 1 atom stereocenters. The van der Waals surface area contributed by atoms with Crippen molar-refractivity contribution in [3.8, 4) is 0 Å². The first-order chi connectivity index (χ1) is 14.5. The molecular formula is C24H27N3O3. The SMILES string of the molecule is C=C1c2ccccc2C(=O)N1CC(=O)NCC(c1cccc(C)c1)N1CCOCC1. The molecule has 156 valence electrons. The van der Waals surface area contributed by atoms with Gasteiger partial charge in [0.05, 0.1) is 19.3 Å². The summed E-state index contributed by atoms with van der Waals surface area (Å²) in [6.45, 7) is 9.56. The summed E-state index contributed by atoms with van der Waals surface area (Å²) >= 11 is 0. The zero-order valence-corrected chi connectivity index (χ0v) is 17.3. The van der Waals surface area contributed by atoms with E-state index in [1.165, 1.54) is 16.0 Å². The zero-order valence-electron chi connectivity index (χ0n) is 17.3. The maximum Gasteiger partial charge on any atom is 0.259 e. The van der Waals surface area contributed by atoms with E-state index in [2.05, 4.69) is 41.9 Å². The number of carbonyl (C=O) groups is 2. The van der Waals surface area contributed by atoms with Gasteiger partial charge in [-0.1, -0.05) is 54.6 Å². The van der Waals surface area contributed by atoms with E-state index in [1.54, 1.807) is 6.07 Å². The largest absolute Gasteiger partial charge is 0.379 e. The fourth-order valence-electron chi connectivity index (χ4n) is 4.14. The van der Waals surface area contributed by atoms with Crippen molar-refractivity contribution in [1.29, 1.82) is 0 Å². The van der Waals surface area contributed by atoms with Gasteiger partial charge in [0.25, 0.3) is 5.91 Å². The average molecular weight is 405 g/mol. The summed E-state index contributed by atoms with van der Waals surface area (Å²) in [5, 5.41) is 3.04. The molecule has 30 heavy (non-hydrogen) atoms. The molecule has 0 saturated carbocycles. The number of benzene rings is 2. The molecule has 6 nitrogen and oxygen atoms in total. The van der Waals surface area contributed by atoms with Gasteiger partial charge in [0.2, 0.25) is 5.91 Å². The predicted octanol–water partition coefficient (Wildman–Crippen LogP) is 2.61. The van der Waals surface area contributed by atoms with Gasteiger partial charge in [0.1, 0.15) is 6.54 Å². The van der Waals surface area contributed by atoms with E-state index in [1.807, 2.05) is 24.3 Å². The number of fused-ring (bicyclic) bond motifs is 1. The summed E-state index contributed by atoms with van der Waals surface area (Å²) in [6.07, 6.45) is 0. The van der Waals surface area contributed by atoms with Gasteiger partial charge >= 0.3 is 0 Å². The number of ether oxygens (including phenoxy) is 1. The molecule has 2 aliphatic heterocycles. The van der Waals surface area contributed by atoms with Crippen LogP contribution >= 0.6 is 0 Å². The van der Waals surface area contributed by atoms with Crippen LogP contribution < -0.4 is 5.32 Å². The lowest BCUT2D eigenvalue weighted by Crippen LogP contribution is -2.45. The Labute approximate surface area is 177 Å². The Kier molecular flexibility index (Phi) is 5.97. The Morgan fingerprint density at radius 2 is 1.87 bits per heavy atom. The molecule has 0 aromatic heterocycles. The summed E-state index contributed by atoms with van der Waals surface area (Å²) in [6, 6.07) is 15.8. The first-order valence-electron chi connectivity index (χ1n) is 10.3. The summed E-state index contributed by atoms with van der Waals surface area (Å²) in [5.41, 5.74) is 4.33. The van der Waals surface area contributed by atoms with Crippen LogP contribution in [0.25, 0.3) is 5.70 Å². The third-order valence-corrected chi connectivity index (χ3v) is 5.75. The predicted molar refractivity (Wildman–Crippen MR) is 116 cm³/mol. The van der Waals surface area contributed by atoms with Gasteiger partial charge in [0, 0.05) is 36.5 Å². The molecular weight excluding hydrogens is 378 g/mol. The minimum Gasteiger partial charge on any atom is -0.379 e. The minimum absolute atomic E-state index is 0.0318. The Hall–Kier alpha value is -2.96. The number of nitrogens with zero attached hydrogens (tertiary/aromatic N) is 2. The first-order valence-corrected chi connectivity index (χ1v) is 10.3. The number of morpholine rings is 1. The molecule has 1 N–H and O–H groups in total. The topological polar surface area (TPSA) is 61.9 Å². The van der Waals surface area contributed by atoms with Crippen molar-refractivity contribution in [2.24, 2.45) is 0 Å². The van der Waals surface area contributed by atoms with Crippen molar-refractivity contribution in [3.05, 3.63) is 77.4 Å². The van der Waals surface area contributed by atoms with Crippen LogP contribution in [0.2, 0.25) is 0 Å². The van der Waals surface area contributed by atoms with E-state index >= 15 is 0 Å². The number of hydrogen-bond donors (Lipinski definition) is 1. The zero-order chi connectivity index (χ0) is 21.1. The molecule has 1 saturated heterocycles. The maximum absolute atomic E-state index is 12.7. The molecule has 0 bridgehead atoms. The van der Waals surface area contributed by atoms with Crippen LogP contribution in [0.1, 0.15) is 33.1 Å². The highest BCUT2D eigenvalue weighted by molar-refractivity contribution is 6.10. The molecule has 2 aliphatic rings. The van der Waals surface area contributed by atoms with E-state index in [-0.39, 0.29) is 24.4 Å². The van der Waals surface area contributed by atoms with E-state index < -0.39 is 0 Å². The number of rotatable bonds is 6. The Bertz CT molecular complexity index is 931. The molecule has 2 amide bonds. The first kappa shape index (κ1) is 20.3. The van der Waals surface area contributed by atoms with Crippen LogP contribution in [0.3, 0.4) is 0 Å². The van der Waals surface area contributed by atoms with Gasteiger partial charge in [-0.05, 0) is 18.6 Å². The molecule has 2 heterocycles. The lowest BCUT2D eigenvalue weighted by molar-refractivity contribution is -0.121. The maximum atomic E-state index is 12.7. The second-order valence-corrected chi connectivity index (χ2v) is 7.77. The summed E-state index contributed by atoms with van der Waals surface area (Å²) in [5.74, 6) is -0.364. The fourth-order valence-corrected chi connectivity index (χ4v) is 4.14. The van der Waals surface area contributed by atoms with Crippen LogP contribution in [0.5, 0.6) is 0 Å². The smallest absolute Gasteiger partial charge is 0.259 e. The number of amides is 2. The number of aryl methyl sites for hydroxylation is 1. The van der Waals surface area contributed by atoms with Crippen LogP contribution in [0.15, 0.2) is 55.1 Å². The summed E-state index contributed by atoms with van der Waals surface area (Å²) in [7, 11) is 0. The average Bonchev–Trinajstić information content (AvgIpc) is 3.00. The van der Waals surface area contributed by atoms with Crippen molar-refractivity contribution in [3.63, 3.8) is 0 Å². The van der Waals surface area contributed by atoms with E-state index in [0.29, 0.717) is 31.0 Å². The van der Waals surface area contributed by atoms with Crippen molar-refractivity contribution in [2.75, 3.05) is 39.4 Å². The molecule has 1 unspecified atom stereocenters. The minimum atomic E-state index is -0.191. The molecule has 4 rings (SSSR count). The van der Waals surface area contributed by atoms with Gasteiger partial charge < -0.3 is 10.1 Å². The van der Waals surface area contributed by atoms with Gasteiger partial charge in [-0.15, -0.1) is 0 Å². The third-order valence-electron chi connectivity index (χ3n) is 5.75. The second kappa shape index (κ2) is 8.81. The van der Waals surface area contributed by atoms with Crippen LogP contribution in [0.4, 0.5) is 0 Å². The van der Waals surface area contributed by atoms with Crippen molar-refractivity contribution in [1.82, 2.24) is 15.1 Å². The third kappa shape index (κ3) is 4.15. The van der Waals surface area contributed by atoms with Gasteiger partial charge in [0.15, 0.2) is 0 Å². The number of hydrogen-bond acceptors (Lipinski definition) is 4. The monoisotopic (exact) mass is 405 g/mol. The highest BCUT2D eigenvalue weighted by Gasteiger charge is 2.32. The highest BCUT2D eigenvalue weighted by Crippen LogP contribution is 2.30. The van der Waals surface area contributed by atoms with Crippen LogP contribution in [-0.2, 0) is 9.53 Å². The summed E-state index contributed by atoms with van der Waals surface area (Å²) in [4.78, 5) is 29.2. The normalized spacial score (nSPS) is 17.7. The van der Waals surface area contributed by atoms with Crippen molar-refractivity contribution < 1.29 is 14.3 Å².